The number of piperazine rings is 1. The van der Waals surface area contributed by atoms with Crippen LogP contribution in [0.25, 0.3) is 0 Å². The number of rotatable bonds is 1. The normalized spacial score (nSPS) is 20.0. The molecule has 19 heavy (non-hydrogen) atoms. The van der Waals surface area contributed by atoms with Gasteiger partial charge in [-0.1, -0.05) is 0 Å². The summed E-state index contributed by atoms with van der Waals surface area (Å²) in [5.41, 5.74) is 1.44. The zero-order valence-corrected chi connectivity index (χ0v) is 11.6. The van der Waals surface area contributed by atoms with Gasteiger partial charge in [0.2, 0.25) is 5.88 Å². The quantitative estimate of drug-likeness (QED) is 0.735. The van der Waals surface area contributed by atoms with Crippen LogP contribution in [0.2, 0.25) is 0 Å². The summed E-state index contributed by atoms with van der Waals surface area (Å²) in [5.74, 6) is 0.805. The van der Waals surface area contributed by atoms with Gasteiger partial charge < -0.3 is 14.5 Å². The van der Waals surface area contributed by atoms with Crippen molar-refractivity contribution in [2.75, 3.05) is 39.8 Å². The second kappa shape index (κ2) is 4.85. The third kappa shape index (κ3) is 2.20. The number of hydrogen-bond donors (Lipinski definition) is 0. The monoisotopic (exact) mass is 264 g/mol. The molecule has 0 aliphatic carbocycles. The molecule has 3 heterocycles. The number of likely N-dealkylation sites (N-methyl/N-ethyl adjacent to an activating group) is 1. The molecule has 0 unspecified atom stereocenters. The van der Waals surface area contributed by atoms with Gasteiger partial charge in [0.15, 0.2) is 5.69 Å². The van der Waals surface area contributed by atoms with E-state index in [9.17, 15) is 4.79 Å². The van der Waals surface area contributed by atoms with Gasteiger partial charge in [-0.2, -0.15) is 5.10 Å². The summed E-state index contributed by atoms with van der Waals surface area (Å²) in [6.45, 7) is 6.88. The minimum absolute atomic E-state index is 0.0381. The lowest BCUT2D eigenvalue weighted by molar-refractivity contribution is 0.0656. The molecule has 6 nitrogen and oxygen atoms in total. The molecule has 1 aromatic heterocycles. The standard InChI is InChI=1S/C13H20N4O2/c1-10-11(14-17-4-3-9-19-13(10)17)12(18)16-7-5-15(2)6-8-16/h3-9H2,1-2H3. The smallest absolute Gasteiger partial charge is 0.274 e. The van der Waals surface area contributed by atoms with Crippen molar-refractivity contribution < 1.29 is 9.53 Å². The van der Waals surface area contributed by atoms with Crippen LogP contribution < -0.4 is 4.74 Å². The van der Waals surface area contributed by atoms with Gasteiger partial charge in [0.05, 0.1) is 6.61 Å². The largest absolute Gasteiger partial charge is 0.478 e. The number of carbonyl (C=O) groups excluding carboxylic acids is 1. The first-order valence-corrected chi connectivity index (χ1v) is 6.85. The Hall–Kier alpha value is -1.56. The number of aromatic nitrogens is 2. The molecular formula is C13H20N4O2. The van der Waals surface area contributed by atoms with E-state index < -0.39 is 0 Å². The highest BCUT2D eigenvalue weighted by molar-refractivity contribution is 5.94. The van der Waals surface area contributed by atoms with Crippen LogP contribution >= 0.6 is 0 Å². The van der Waals surface area contributed by atoms with Gasteiger partial charge in [-0.25, -0.2) is 4.68 Å². The minimum Gasteiger partial charge on any atom is -0.478 e. The van der Waals surface area contributed by atoms with Crippen LogP contribution in [-0.2, 0) is 6.54 Å². The van der Waals surface area contributed by atoms with Crippen molar-refractivity contribution in [1.29, 1.82) is 0 Å². The van der Waals surface area contributed by atoms with E-state index in [0.717, 1.165) is 50.6 Å². The highest BCUT2D eigenvalue weighted by Crippen LogP contribution is 2.26. The lowest BCUT2D eigenvalue weighted by Gasteiger charge is -2.32. The maximum Gasteiger partial charge on any atom is 0.274 e. The minimum atomic E-state index is 0.0381. The van der Waals surface area contributed by atoms with E-state index in [-0.39, 0.29) is 5.91 Å². The molecule has 0 saturated carbocycles. The highest BCUT2D eigenvalue weighted by Gasteiger charge is 2.28. The fourth-order valence-electron chi connectivity index (χ4n) is 2.62. The van der Waals surface area contributed by atoms with Gasteiger partial charge >= 0.3 is 0 Å². The Morgan fingerprint density at radius 3 is 2.63 bits per heavy atom. The Morgan fingerprint density at radius 1 is 1.21 bits per heavy atom. The average Bonchev–Trinajstić information content (AvgIpc) is 2.77. The maximum atomic E-state index is 12.5. The molecule has 104 valence electrons. The van der Waals surface area contributed by atoms with Crippen molar-refractivity contribution in [3.05, 3.63) is 11.3 Å². The van der Waals surface area contributed by atoms with E-state index in [1.807, 2.05) is 16.5 Å². The van der Waals surface area contributed by atoms with Gasteiger partial charge in [0, 0.05) is 44.7 Å². The zero-order chi connectivity index (χ0) is 13.4. The Bertz CT molecular complexity index is 489. The molecule has 2 aliphatic heterocycles. The molecule has 2 aliphatic rings. The fourth-order valence-corrected chi connectivity index (χ4v) is 2.62. The summed E-state index contributed by atoms with van der Waals surface area (Å²) >= 11 is 0. The number of carbonyl (C=O) groups is 1. The third-order valence-corrected chi connectivity index (χ3v) is 3.88. The number of hydrogen-bond acceptors (Lipinski definition) is 4. The molecule has 0 atom stereocenters. The summed E-state index contributed by atoms with van der Waals surface area (Å²) in [7, 11) is 2.08. The molecule has 3 rings (SSSR count). The van der Waals surface area contributed by atoms with E-state index in [4.69, 9.17) is 4.74 Å². The molecule has 0 N–H and O–H groups in total. The van der Waals surface area contributed by atoms with Crippen LogP contribution in [-0.4, -0.2) is 65.3 Å². The van der Waals surface area contributed by atoms with E-state index in [1.165, 1.54) is 0 Å². The summed E-state index contributed by atoms with van der Waals surface area (Å²) in [4.78, 5) is 16.6. The molecule has 6 heteroatoms. The van der Waals surface area contributed by atoms with Crippen LogP contribution in [0.1, 0.15) is 22.5 Å². The van der Waals surface area contributed by atoms with Gasteiger partial charge in [-0.15, -0.1) is 0 Å². The Morgan fingerprint density at radius 2 is 1.95 bits per heavy atom. The van der Waals surface area contributed by atoms with Crippen molar-refractivity contribution in [1.82, 2.24) is 19.6 Å². The number of aryl methyl sites for hydroxylation is 1. The molecule has 0 aromatic carbocycles. The first-order chi connectivity index (χ1) is 9.16. The molecule has 1 amide bonds. The zero-order valence-electron chi connectivity index (χ0n) is 11.6. The Balaban J connectivity index is 1.82. The maximum absolute atomic E-state index is 12.5. The van der Waals surface area contributed by atoms with E-state index in [1.54, 1.807) is 0 Å². The lowest BCUT2D eigenvalue weighted by atomic mass is 10.2. The van der Waals surface area contributed by atoms with Crippen LogP contribution in [0.15, 0.2) is 0 Å². The summed E-state index contributed by atoms with van der Waals surface area (Å²) < 4.78 is 7.43. The second-order valence-electron chi connectivity index (χ2n) is 5.30. The van der Waals surface area contributed by atoms with E-state index >= 15 is 0 Å². The van der Waals surface area contributed by atoms with Gasteiger partial charge in [-0.3, -0.25) is 4.79 Å². The van der Waals surface area contributed by atoms with Crippen LogP contribution in [0.5, 0.6) is 5.88 Å². The number of ether oxygens (including phenoxy) is 1. The second-order valence-corrected chi connectivity index (χ2v) is 5.30. The Kier molecular flexibility index (Phi) is 3.18. The number of nitrogens with zero attached hydrogens (tertiary/aromatic N) is 4. The number of fused-ring (bicyclic) bond motifs is 1. The summed E-state index contributed by atoms with van der Waals surface area (Å²) in [5, 5.41) is 4.43. The lowest BCUT2D eigenvalue weighted by Crippen LogP contribution is -2.47. The molecule has 0 radical (unpaired) electrons. The van der Waals surface area contributed by atoms with E-state index in [2.05, 4.69) is 17.0 Å². The van der Waals surface area contributed by atoms with Crippen molar-refractivity contribution >= 4 is 5.91 Å². The molecular weight excluding hydrogens is 244 g/mol. The Labute approximate surface area is 112 Å². The predicted octanol–water partition coefficient (Wildman–Crippen LogP) is 0.362. The molecule has 1 fully saturated rings. The fraction of sp³-hybridized carbons (Fsp3) is 0.692. The first-order valence-electron chi connectivity index (χ1n) is 6.85. The van der Waals surface area contributed by atoms with Gasteiger partial charge in [0.1, 0.15) is 0 Å². The van der Waals surface area contributed by atoms with Crippen molar-refractivity contribution in [3.8, 4) is 5.88 Å². The van der Waals surface area contributed by atoms with Crippen LogP contribution in [0.4, 0.5) is 0 Å². The number of amides is 1. The van der Waals surface area contributed by atoms with E-state index in [0.29, 0.717) is 12.3 Å². The summed E-state index contributed by atoms with van der Waals surface area (Å²) in [6.07, 6.45) is 0.955. The van der Waals surface area contributed by atoms with Gasteiger partial charge in [-0.05, 0) is 14.0 Å². The van der Waals surface area contributed by atoms with Crippen LogP contribution in [0.3, 0.4) is 0 Å². The van der Waals surface area contributed by atoms with Crippen molar-refractivity contribution in [2.45, 2.75) is 19.9 Å². The topological polar surface area (TPSA) is 50.6 Å². The SMILES string of the molecule is Cc1c(C(=O)N2CCN(C)CC2)nn2c1OCCC2. The summed E-state index contributed by atoms with van der Waals surface area (Å²) in [6, 6.07) is 0. The molecule has 1 saturated heterocycles. The first kappa shape index (κ1) is 12.5. The predicted molar refractivity (Wildman–Crippen MR) is 70.5 cm³/mol. The van der Waals surface area contributed by atoms with Gasteiger partial charge in [0.25, 0.3) is 5.91 Å². The molecule has 0 bridgehead atoms. The highest BCUT2D eigenvalue weighted by atomic mass is 16.5. The van der Waals surface area contributed by atoms with Crippen molar-refractivity contribution in [2.24, 2.45) is 0 Å². The third-order valence-electron chi connectivity index (χ3n) is 3.88. The molecule has 1 aromatic rings. The van der Waals surface area contributed by atoms with Crippen molar-refractivity contribution in [3.63, 3.8) is 0 Å². The van der Waals surface area contributed by atoms with Crippen LogP contribution in [0, 0.1) is 6.92 Å². The average molecular weight is 264 g/mol. The molecule has 0 spiro atoms.